The molecule has 3 rings (SSSR count). The van der Waals surface area contributed by atoms with E-state index in [1.54, 1.807) is 6.07 Å². The maximum absolute atomic E-state index is 12.8. The van der Waals surface area contributed by atoms with Crippen LogP contribution >= 0.6 is 0 Å². The SMILES string of the molecule is COc1cc(NC(=O)C2CC2C)c(C(=O)OCc2nc(C(C)(C)C)no2)cc1OC. The van der Waals surface area contributed by atoms with Crippen molar-refractivity contribution in [3.63, 3.8) is 0 Å². The van der Waals surface area contributed by atoms with Crippen molar-refractivity contribution in [2.24, 2.45) is 11.8 Å². The van der Waals surface area contributed by atoms with Gasteiger partial charge in [0.1, 0.15) is 0 Å². The zero-order valence-electron chi connectivity index (χ0n) is 18.1. The first-order valence-corrected chi connectivity index (χ1v) is 9.71. The van der Waals surface area contributed by atoms with Gasteiger partial charge in [0.2, 0.25) is 5.91 Å². The summed E-state index contributed by atoms with van der Waals surface area (Å²) in [5.74, 6) is 0.902. The van der Waals surface area contributed by atoms with Crippen LogP contribution in [0.25, 0.3) is 0 Å². The molecule has 0 saturated heterocycles. The number of carbonyl (C=O) groups is 2. The molecule has 1 saturated carbocycles. The number of nitrogens with zero attached hydrogens (tertiary/aromatic N) is 2. The standard InChI is InChI=1S/C21H27N3O6/c1-11-7-12(11)18(25)22-14-9-16(28-6)15(27-5)8-13(14)19(26)29-10-17-23-20(24-30-17)21(2,3)4/h8-9,11-12H,7,10H2,1-6H3,(H,22,25). The monoisotopic (exact) mass is 417 g/mol. The smallest absolute Gasteiger partial charge is 0.340 e. The summed E-state index contributed by atoms with van der Waals surface area (Å²) in [5, 5.41) is 6.71. The Morgan fingerprint density at radius 1 is 1.20 bits per heavy atom. The molecule has 1 amide bonds. The number of rotatable bonds is 7. The van der Waals surface area contributed by atoms with Gasteiger partial charge in [-0.1, -0.05) is 32.9 Å². The minimum atomic E-state index is -0.661. The van der Waals surface area contributed by atoms with Gasteiger partial charge in [0.25, 0.3) is 5.89 Å². The second-order valence-corrected chi connectivity index (χ2v) is 8.40. The van der Waals surface area contributed by atoms with E-state index in [4.69, 9.17) is 18.7 Å². The maximum Gasteiger partial charge on any atom is 0.340 e. The van der Waals surface area contributed by atoms with Crippen molar-refractivity contribution in [1.29, 1.82) is 0 Å². The van der Waals surface area contributed by atoms with Crippen LogP contribution in [0.5, 0.6) is 11.5 Å². The van der Waals surface area contributed by atoms with E-state index < -0.39 is 5.97 Å². The first-order valence-electron chi connectivity index (χ1n) is 9.71. The van der Waals surface area contributed by atoms with Gasteiger partial charge in [0, 0.05) is 23.5 Å². The van der Waals surface area contributed by atoms with E-state index in [2.05, 4.69) is 15.5 Å². The third-order valence-corrected chi connectivity index (χ3v) is 4.91. The fourth-order valence-corrected chi connectivity index (χ4v) is 2.89. The Morgan fingerprint density at radius 2 is 1.83 bits per heavy atom. The molecule has 1 heterocycles. The molecule has 2 atom stereocenters. The highest BCUT2D eigenvalue weighted by atomic mass is 16.6. The minimum Gasteiger partial charge on any atom is -0.493 e. The Balaban J connectivity index is 1.80. The predicted molar refractivity (Wildman–Crippen MR) is 108 cm³/mol. The number of amides is 1. The average molecular weight is 417 g/mol. The van der Waals surface area contributed by atoms with E-state index in [9.17, 15) is 9.59 Å². The van der Waals surface area contributed by atoms with E-state index in [1.165, 1.54) is 20.3 Å². The van der Waals surface area contributed by atoms with Crippen LogP contribution < -0.4 is 14.8 Å². The lowest BCUT2D eigenvalue weighted by Gasteiger charge is -2.15. The Labute approximate surface area is 175 Å². The Hall–Kier alpha value is -3.10. The van der Waals surface area contributed by atoms with Gasteiger partial charge in [0.05, 0.1) is 25.5 Å². The lowest BCUT2D eigenvalue weighted by molar-refractivity contribution is -0.117. The molecule has 0 radical (unpaired) electrons. The van der Waals surface area contributed by atoms with Gasteiger partial charge < -0.3 is 24.1 Å². The average Bonchev–Trinajstić information content (AvgIpc) is 3.23. The summed E-state index contributed by atoms with van der Waals surface area (Å²) >= 11 is 0. The van der Waals surface area contributed by atoms with Gasteiger partial charge in [-0.3, -0.25) is 4.79 Å². The zero-order valence-corrected chi connectivity index (χ0v) is 18.1. The Morgan fingerprint density at radius 3 is 2.37 bits per heavy atom. The van der Waals surface area contributed by atoms with Crippen molar-refractivity contribution < 1.29 is 28.3 Å². The van der Waals surface area contributed by atoms with E-state index in [0.717, 1.165) is 6.42 Å². The fraction of sp³-hybridized carbons (Fsp3) is 0.524. The van der Waals surface area contributed by atoms with Crippen LogP contribution in [-0.2, 0) is 21.6 Å². The number of benzene rings is 1. The van der Waals surface area contributed by atoms with Crippen LogP contribution in [0.15, 0.2) is 16.7 Å². The molecule has 2 aromatic rings. The summed E-state index contributed by atoms with van der Waals surface area (Å²) < 4.78 is 21.1. The van der Waals surface area contributed by atoms with Crippen molar-refractivity contribution in [3.8, 4) is 11.5 Å². The molecule has 0 bridgehead atoms. The molecule has 0 spiro atoms. The first-order chi connectivity index (χ1) is 14.1. The van der Waals surface area contributed by atoms with Gasteiger partial charge in [-0.25, -0.2) is 4.79 Å². The molecule has 1 aliphatic rings. The molecule has 1 N–H and O–H groups in total. The van der Waals surface area contributed by atoms with Crippen molar-refractivity contribution >= 4 is 17.6 Å². The highest BCUT2D eigenvalue weighted by Gasteiger charge is 2.39. The van der Waals surface area contributed by atoms with Crippen LogP contribution in [0.1, 0.15) is 56.2 Å². The molecule has 1 aliphatic carbocycles. The number of esters is 1. The Bertz CT molecular complexity index is 947. The number of hydrogen-bond acceptors (Lipinski definition) is 8. The first kappa shape index (κ1) is 21.6. The number of nitrogens with one attached hydrogen (secondary N) is 1. The van der Waals surface area contributed by atoms with E-state index in [1.807, 2.05) is 27.7 Å². The van der Waals surface area contributed by atoms with Crippen molar-refractivity contribution in [2.75, 3.05) is 19.5 Å². The summed E-state index contributed by atoms with van der Waals surface area (Å²) in [6, 6.07) is 3.02. The van der Waals surface area contributed by atoms with Crippen molar-refractivity contribution in [3.05, 3.63) is 29.4 Å². The summed E-state index contributed by atoms with van der Waals surface area (Å²) in [6.07, 6.45) is 0.826. The molecular formula is C21H27N3O6. The van der Waals surface area contributed by atoms with Crippen LogP contribution in [0, 0.1) is 11.8 Å². The normalized spacial score (nSPS) is 17.9. The number of carbonyl (C=O) groups excluding carboxylic acids is 2. The number of methoxy groups -OCH3 is 2. The number of aromatic nitrogens is 2. The molecule has 1 aromatic heterocycles. The molecule has 162 valence electrons. The summed E-state index contributed by atoms with van der Waals surface area (Å²) in [7, 11) is 2.94. The molecule has 30 heavy (non-hydrogen) atoms. The molecular weight excluding hydrogens is 390 g/mol. The molecule has 0 aliphatic heterocycles. The predicted octanol–water partition coefficient (Wildman–Crippen LogP) is 3.34. The van der Waals surface area contributed by atoms with Gasteiger partial charge >= 0.3 is 5.97 Å². The van der Waals surface area contributed by atoms with E-state index in [-0.39, 0.29) is 35.3 Å². The van der Waals surface area contributed by atoms with Gasteiger partial charge in [0.15, 0.2) is 23.9 Å². The summed E-state index contributed by atoms with van der Waals surface area (Å²) in [5.41, 5.74) is 0.152. The number of anilines is 1. The largest absolute Gasteiger partial charge is 0.493 e. The van der Waals surface area contributed by atoms with Crippen LogP contribution in [-0.4, -0.2) is 36.2 Å². The molecule has 1 fully saturated rings. The quantitative estimate of drug-likeness (QED) is 0.683. The summed E-state index contributed by atoms with van der Waals surface area (Å²) in [6.45, 7) is 7.67. The van der Waals surface area contributed by atoms with Crippen LogP contribution in [0.4, 0.5) is 5.69 Å². The second kappa shape index (κ2) is 8.33. The molecule has 9 heteroatoms. The van der Waals surface area contributed by atoms with Crippen molar-refractivity contribution in [2.45, 2.75) is 46.1 Å². The van der Waals surface area contributed by atoms with Gasteiger partial charge in [-0.05, 0) is 12.3 Å². The Kier molecular flexibility index (Phi) is 6.00. The topological polar surface area (TPSA) is 113 Å². The summed E-state index contributed by atoms with van der Waals surface area (Å²) in [4.78, 5) is 29.5. The highest BCUT2D eigenvalue weighted by Crippen LogP contribution is 2.40. The lowest BCUT2D eigenvalue weighted by Crippen LogP contribution is -2.18. The number of ether oxygens (including phenoxy) is 3. The molecule has 1 aromatic carbocycles. The van der Waals surface area contributed by atoms with Crippen LogP contribution in [0.2, 0.25) is 0 Å². The fourth-order valence-electron chi connectivity index (χ4n) is 2.89. The number of hydrogen-bond donors (Lipinski definition) is 1. The maximum atomic E-state index is 12.8. The van der Waals surface area contributed by atoms with Gasteiger partial charge in [-0.15, -0.1) is 0 Å². The third kappa shape index (κ3) is 4.72. The molecule has 2 unspecified atom stereocenters. The molecule has 9 nitrogen and oxygen atoms in total. The highest BCUT2D eigenvalue weighted by molar-refractivity contribution is 6.03. The second-order valence-electron chi connectivity index (χ2n) is 8.40. The van der Waals surface area contributed by atoms with E-state index in [0.29, 0.717) is 28.9 Å². The lowest BCUT2D eigenvalue weighted by atomic mass is 9.96. The van der Waals surface area contributed by atoms with Crippen LogP contribution in [0.3, 0.4) is 0 Å². The van der Waals surface area contributed by atoms with Gasteiger partial charge in [-0.2, -0.15) is 4.98 Å². The zero-order chi connectivity index (χ0) is 22.1. The van der Waals surface area contributed by atoms with Crippen molar-refractivity contribution in [1.82, 2.24) is 10.1 Å². The third-order valence-electron chi connectivity index (χ3n) is 4.91. The minimum absolute atomic E-state index is 0.0591. The van der Waals surface area contributed by atoms with E-state index >= 15 is 0 Å².